The van der Waals surface area contributed by atoms with Gasteiger partial charge in [-0.15, -0.1) is 0 Å². The van der Waals surface area contributed by atoms with Gasteiger partial charge < -0.3 is 14.4 Å². The molecule has 0 radical (unpaired) electrons. The second kappa shape index (κ2) is 6.05. The van der Waals surface area contributed by atoms with Gasteiger partial charge in [0.1, 0.15) is 17.3 Å². The predicted molar refractivity (Wildman–Crippen MR) is 85.2 cm³/mol. The quantitative estimate of drug-likeness (QED) is 0.896. The van der Waals surface area contributed by atoms with Crippen molar-refractivity contribution in [2.45, 2.75) is 11.0 Å². The van der Waals surface area contributed by atoms with E-state index in [0.29, 0.717) is 19.0 Å². The number of benzene rings is 1. The van der Waals surface area contributed by atoms with Gasteiger partial charge in [0.25, 0.3) is 0 Å². The van der Waals surface area contributed by atoms with Crippen LogP contribution in [0.3, 0.4) is 0 Å². The third kappa shape index (κ3) is 3.54. The van der Waals surface area contributed by atoms with Crippen LogP contribution in [-0.2, 0) is 10.0 Å². The Morgan fingerprint density at radius 3 is 2.65 bits per heavy atom. The van der Waals surface area contributed by atoms with Crippen LogP contribution in [0.4, 0.5) is 5.82 Å². The first-order chi connectivity index (χ1) is 10.9. The zero-order chi connectivity index (χ0) is 16.4. The van der Waals surface area contributed by atoms with Crippen molar-refractivity contribution in [1.29, 1.82) is 0 Å². The van der Waals surface area contributed by atoms with Gasteiger partial charge in [0.05, 0.1) is 6.54 Å². The average molecular weight is 335 g/mol. The summed E-state index contributed by atoms with van der Waals surface area (Å²) in [6, 6.07) is 10.6. The number of nitrogens with zero attached hydrogens (tertiary/aromatic N) is 2. The van der Waals surface area contributed by atoms with Gasteiger partial charge in [-0.2, -0.15) is 0 Å². The van der Waals surface area contributed by atoms with Crippen molar-refractivity contribution in [1.82, 2.24) is 4.98 Å². The van der Waals surface area contributed by atoms with Gasteiger partial charge in [0.2, 0.25) is 10.0 Å². The number of aromatic nitrogens is 1. The van der Waals surface area contributed by atoms with Gasteiger partial charge in [0.15, 0.2) is 17.6 Å². The Morgan fingerprint density at radius 2 is 2.00 bits per heavy atom. The van der Waals surface area contributed by atoms with E-state index in [9.17, 15) is 8.42 Å². The molecule has 2 heterocycles. The Bertz CT molecular complexity index is 793. The highest BCUT2D eigenvalue weighted by Gasteiger charge is 2.22. The molecule has 0 amide bonds. The van der Waals surface area contributed by atoms with Gasteiger partial charge in [-0.3, -0.25) is 0 Å². The van der Waals surface area contributed by atoms with E-state index < -0.39 is 10.0 Å². The SMILES string of the molecule is CN(C[C@@H]1COc2ccccc2O1)c1ccc(S(N)(=O)=O)cn1. The van der Waals surface area contributed by atoms with E-state index in [1.54, 1.807) is 6.07 Å². The van der Waals surface area contributed by atoms with Crippen molar-refractivity contribution >= 4 is 15.8 Å². The Labute approximate surface area is 134 Å². The van der Waals surface area contributed by atoms with E-state index >= 15 is 0 Å². The van der Waals surface area contributed by atoms with Crippen LogP contribution < -0.4 is 19.5 Å². The lowest BCUT2D eigenvalue weighted by Gasteiger charge is -2.30. The molecule has 2 aromatic rings. The number of likely N-dealkylation sites (N-methyl/N-ethyl adjacent to an activating group) is 1. The number of anilines is 1. The molecule has 0 aliphatic carbocycles. The smallest absolute Gasteiger partial charge is 0.239 e. The van der Waals surface area contributed by atoms with Crippen LogP contribution in [0.2, 0.25) is 0 Å². The van der Waals surface area contributed by atoms with Gasteiger partial charge in [0, 0.05) is 13.2 Å². The minimum atomic E-state index is -3.73. The second-order valence-corrected chi connectivity index (χ2v) is 6.84. The molecule has 0 fully saturated rings. The molecular weight excluding hydrogens is 318 g/mol. The monoisotopic (exact) mass is 335 g/mol. The predicted octanol–water partition coefficient (Wildman–Crippen LogP) is 1.01. The summed E-state index contributed by atoms with van der Waals surface area (Å²) in [6.45, 7) is 0.993. The molecule has 1 atom stereocenters. The van der Waals surface area contributed by atoms with E-state index in [1.807, 2.05) is 36.2 Å². The highest BCUT2D eigenvalue weighted by Crippen LogP contribution is 2.31. The number of hydrogen-bond donors (Lipinski definition) is 1. The molecule has 0 unspecified atom stereocenters. The maximum atomic E-state index is 11.2. The number of rotatable bonds is 4. The normalized spacial score (nSPS) is 16.9. The summed E-state index contributed by atoms with van der Waals surface area (Å²) in [6.07, 6.45) is 1.10. The molecule has 0 spiro atoms. The van der Waals surface area contributed by atoms with E-state index in [-0.39, 0.29) is 11.0 Å². The highest BCUT2D eigenvalue weighted by atomic mass is 32.2. The van der Waals surface area contributed by atoms with Crippen molar-refractivity contribution in [3.8, 4) is 11.5 Å². The molecule has 3 rings (SSSR count). The summed E-state index contributed by atoms with van der Waals surface area (Å²) in [4.78, 5) is 5.98. The fourth-order valence-corrected chi connectivity index (χ4v) is 2.78. The minimum Gasteiger partial charge on any atom is -0.486 e. The van der Waals surface area contributed by atoms with Crippen LogP contribution in [0.15, 0.2) is 47.5 Å². The standard InChI is InChI=1S/C15H17N3O4S/c1-18(15-7-6-12(8-17-15)23(16,19)20)9-11-10-21-13-4-2-3-5-14(13)22-11/h2-8,11H,9-10H2,1H3,(H2,16,19,20)/t11-/m1/s1. The molecule has 2 N–H and O–H groups in total. The maximum absolute atomic E-state index is 11.2. The van der Waals surface area contributed by atoms with E-state index in [0.717, 1.165) is 11.5 Å². The molecule has 122 valence electrons. The van der Waals surface area contributed by atoms with E-state index in [1.165, 1.54) is 12.3 Å². The fraction of sp³-hybridized carbons (Fsp3) is 0.267. The van der Waals surface area contributed by atoms with Crippen molar-refractivity contribution < 1.29 is 17.9 Å². The molecule has 8 heteroatoms. The number of para-hydroxylation sites is 2. The fourth-order valence-electron chi connectivity index (χ4n) is 2.32. The summed E-state index contributed by atoms with van der Waals surface area (Å²) in [7, 11) is -1.88. The highest BCUT2D eigenvalue weighted by molar-refractivity contribution is 7.89. The number of pyridine rings is 1. The zero-order valence-electron chi connectivity index (χ0n) is 12.5. The van der Waals surface area contributed by atoms with Crippen LogP contribution in [0.5, 0.6) is 11.5 Å². The topological polar surface area (TPSA) is 94.7 Å². The number of nitrogens with two attached hydrogens (primary N) is 1. The second-order valence-electron chi connectivity index (χ2n) is 5.28. The van der Waals surface area contributed by atoms with Crippen molar-refractivity contribution in [3.63, 3.8) is 0 Å². The third-order valence-corrected chi connectivity index (χ3v) is 4.38. The zero-order valence-corrected chi connectivity index (χ0v) is 13.4. The molecule has 1 aromatic carbocycles. The summed E-state index contributed by atoms with van der Waals surface area (Å²) in [5.41, 5.74) is 0. The Morgan fingerprint density at radius 1 is 1.26 bits per heavy atom. The average Bonchev–Trinajstić information content (AvgIpc) is 2.54. The molecule has 23 heavy (non-hydrogen) atoms. The van der Waals surface area contributed by atoms with Crippen LogP contribution >= 0.6 is 0 Å². The van der Waals surface area contributed by atoms with Crippen LogP contribution in [0, 0.1) is 0 Å². The molecule has 7 nitrogen and oxygen atoms in total. The first kappa shape index (κ1) is 15.6. The number of hydrogen-bond acceptors (Lipinski definition) is 6. The maximum Gasteiger partial charge on any atom is 0.239 e. The lowest BCUT2D eigenvalue weighted by Crippen LogP contribution is -2.39. The Hall–Kier alpha value is -2.32. The van der Waals surface area contributed by atoms with Crippen molar-refractivity contribution in [3.05, 3.63) is 42.6 Å². The van der Waals surface area contributed by atoms with E-state index in [4.69, 9.17) is 14.6 Å². The summed E-state index contributed by atoms with van der Waals surface area (Å²) >= 11 is 0. The van der Waals surface area contributed by atoms with Gasteiger partial charge in [-0.05, 0) is 24.3 Å². The third-order valence-electron chi connectivity index (χ3n) is 3.49. The van der Waals surface area contributed by atoms with Crippen LogP contribution in [-0.4, -0.2) is 39.7 Å². The van der Waals surface area contributed by atoms with Gasteiger partial charge in [-0.25, -0.2) is 18.5 Å². The lowest BCUT2D eigenvalue weighted by molar-refractivity contribution is 0.0959. The van der Waals surface area contributed by atoms with Crippen molar-refractivity contribution in [2.75, 3.05) is 25.1 Å². The summed E-state index contributed by atoms with van der Waals surface area (Å²) in [5.74, 6) is 2.08. The summed E-state index contributed by atoms with van der Waals surface area (Å²) < 4.78 is 34.0. The molecular formula is C15H17N3O4S. The summed E-state index contributed by atoms with van der Waals surface area (Å²) in [5, 5.41) is 5.06. The molecule has 1 aromatic heterocycles. The first-order valence-electron chi connectivity index (χ1n) is 7.02. The van der Waals surface area contributed by atoms with E-state index in [2.05, 4.69) is 4.98 Å². The minimum absolute atomic E-state index is 0.0131. The molecule has 0 bridgehead atoms. The van der Waals surface area contributed by atoms with Crippen molar-refractivity contribution in [2.24, 2.45) is 5.14 Å². The lowest BCUT2D eigenvalue weighted by atomic mass is 10.2. The molecule has 0 saturated heterocycles. The van der Waals surface area contributed by atoms with Gasteiger partial charge in [-0.1, -0.05) is 12.1 Å². The van der Waals surface area contributed by atoms with Crippen LogP contribution in [0.1, 0.15) is 0 Å². The Kier molecular flexibility index (Phi) is 4.10. The number of ether oxygens (including phenoxy) is 2. The largest absolute Gasteiger partial charge is 0.486 e. The van der Waals surface area contributed by atoms with Crippen LogP contribution in [0.25, 0.3) is 0 Å². The number of sulfonamides is 1. The number of fused-ring (bicyclic) bond motifs is 1. The molecule has 1 aliphatic heterocycles. The first-order valence-corrected chi connectivity index (χ1v) is 8.56. The van der Waals surface area contributed by atoms with Gasteiger partial charge >= 0.3 is 0 Å². The Balaban J connectivity index is 1.67. The molecule has 0 saturated carbocycles. The number of primary sulfonamides is 1. The molecule has 1 aliphatic rings.